The van der Waals surface area contributed by atoms with Crippen LogP contribution in [0.15, 0.2) is 170 Å². The number of imidazole rings is 1. The minimum atomic E-state index is 0.690. The van der Waals surface area contributed by atoms with Gasteiger partial charge in [0.2, 0.25) is 0 Å². The number of benzene rings is 6. The first-order valence-electron chi connectivity index (χ1n) is 16.1. The molecule has 0 unspecified atom stereocenters. The minimum absolute atomic E-state index is 0.690. The van der Waals surface area contributed by atoms with Crippen LogP contribution in [0.1, 0.15) is 12.7 Å². The fourth-order valence-electron chi connectivity index (χ4n) is 6.37. The van der Waals surface area contributed by atoms with Crippen LogP contribution >= 0.6 is 0 Å². The Morgan fingerprint density at radius 1 is 0.604 bits per heavy atom. The number of fused-ring (bicyclic) bond motifs is 4. The molecule has 48 heavy (non-hydrogen) atoms. The van der Waals surface area contributed by atoms with Crippen molar-refractivity contribution in [3.05, 3.63) is 176 Å². The number of nitrogens with zero attached hydrogens (tertiary/aromatic N) is 4. The van der Waals surface area contributed by atoms with Crippen LogP contribution in [0.2, 0.25) is 0 Å². The topological polar surface area (TPSA) is 43.6 Å². The summed E-state index contributed by atoms with van der Waals surface area (Å²) < 4.78 is 2.23. The summed E-state index contributed by atoms with van der Waals surface area (Å²) in [5, 5.41) is 3.29. The Bertz CT molecular complexity index is 2500. The van der Waals surface area contributed by atoms with Crippen molar-refractivity contribution in [2.45, 2.75) is 6.92 Å². The van der Waals surface area contributed by atoms with Gasteiger partial charge in [-0.3, -0.25) is 4.57 Å². The van der Waals surface area contributed by atoms with Crippen molar-refractivity contribution < 1.29 is 0 Å². The van der Waals surface area contributed by atoms with E-state index in [1.807, 2.05) is 37.3 Å². The van der Waals surface area contributed by atoms with Crippen molar-refractivity contribution >= 4 is 38.3 Å². The molecule has 0 fully saturated rings. The second-order valence-corrected chi connectivity index (χ2v) is 11.7. The van der Waals surface area contributed by atoms with Crippen LogP contribution in [0.4, 0.5) is 0 Å². The zero-order valence-corrected chi connectivity index (χ0v) is 26.6. The molecule has 0 saturated carbocycles. The molecule has 2 heterocycles. The molecule has 8 rings (SSSR count). The van der Waals surface area contributed by atoms with Crippen molar-refractivity contribution in [3.63, 3.8) is 0 Å². The van der Waals surface area contributed by atoms with E-state index in [4.69, 9.17) is 15.0 Å². The third-order valence-corrected chi connectivity index (χ3v) is 8.78. The molecule has 6 aromatic carbocycles. The van der Waals surface area contributed by atoms with E-state index in [2.05, 4.69) is 139 Å². The zero-order valence-electron chi connectivity index (χ0n) is 26.6. The van der Waals surface area contributed by atoms with Gasteiger partial charge in [0.1, 0.15) is 5.82 Å². The third kappa shape index (κ3) is 5.20. The molecule has 0 aliphatic rings. The molecule has 0 spiro atoms. The molecular weight excluding hydrogens is 585 g/mol. The molecule has 0 bridgehead atoms. The van der Waals surface area contributed by atoms with Gasteiger partial charge in [0.05, 0.1) is 22.2 Å². The van der Waals surface area contributed by atoms with E-state index < -0.39 is 0 Å². The molecule has 0 aliphatic heterocycles. The molecule has 0 radical (unpaired) electrons. The second-order valence-electron chi connectivity index (χ2n) is 11.7. The van der Waals surface area contributed by atoms with E-state index in [1.165, 1.54) is 0 Å². The Kier molecular flexibility index (Phi) is 7.52. The summed E-state index contributed by atoms with van der Waals surface area (Å²) in [6.45, 7) is 5.85. The van der Waals surface area contributed by atoms with Gasteiger partial charge in [0.25, 0.3) is 0 Å². The summed E-state index contributed by atoms with van der Waals surface area (Å²) in [6.07, 6.45) is 7.73. The summed E-state index contributed by atoms with van der Waals surface area (Å²) in [7, 11) is 0. The Morgan fingerprint density at radius 2 is 1.27 bits per heavy atom. The van der Waals surface area contributed by atoms with Gasteiger partial charge in [-0.25, -0.2) is 15.0 Å². The first-order valence-corrected chi connectivity index (χ1v) is 16.1. The number of aromatic nitrogens is 4. The fraction of sp³-hybridized carbons (Fsp3) is 0.0227. The lowest BCUT2D eigenvalue weighted by Crippen LogP contribution is -1.98. The molecule has 0 amide bonds. The van der Waals surface area contributed by atoms with Gasteiger partial charge >= 0.3 is 0 Å². The molecule has 4 heteroatoms. The van der Waals surface area contributed by atoms with Crippen LogP contribution in [-0.4, -0.2) is 19.5 Å². The lowest BCUT2D eigenvalue weighted by Gasteiger charge is -2.13. The predicted molar refractivity (Wildman–Crippen MR) is 201 cm³/mol. The monoisotopic (exact) mass is 616 g/mol. The Hall–Kier alpha value is -6.39. The van der Waals surface area contributed by atoms with Gasteiger partial charge in [-0.15, -0.1) is 0 Å². The lowest BCUT2D eigenvalue weighted by atomic mass is 9.98. The lowest BCUT2D eigenvalue weighted by molar-refractivity contribution is 1.10. The molecule has 0 aliphatic carbocycles. The van der Waals surface area contributed by atoms with Gasteiger partial charge in [0.15, 0.2) is 5.82 Å². The number of hydrogen-bond donors (Lipinski definition) is 0. The maximum atomic E-state index is 5.13. The predicted octanol–water partition coefficient (Wildman–Crippen LogP) is 11.3. The van der Waals surface area contributed by atoms with E-state index >= 15 is 0 Å². The molecule has 8 aromatic rings. The van der Waals surface area contributed by atoms with Crippen LogP contribution < -0.4 is 0 Å². The van der Waals surface area contributed by atoms with E-state index in [9.17, 15) is 0 Å². The number of hydrogen-bond acceptors (Lipinski definition) is 3. The van der Waals surface area contributed by atoms with Gasteiger partial charge < -0.3 is 0 Å². The van der Waals surface area contributed by atoms with Crippen LogP contribution in [0.3, 0.4) is 0 Å². The summed E-state index contributed by atoms with van der Waals surface area (Å²) in [6, 6.07) is 48.7. The Labute approximate surface area is 279 Å². The van der Waals surface area contributed by atoms with Gasteiger partial charge in [-0.2, -0.15) is 0 Å². The van der Waals surface area contributed by atoms with Crippen molar-refractivity contribution in [3.8, 4) is 39.5 Å². The van der Waals surface area contributed by atoms with E-state index in [1.54, 1.807) is 6.08 Å². The van der Waals surface area contributed by atoms with Crippen molar-refractivity contribution in [1.82, 2.24) is 19.5 Å². The zero-order chi connectivity index (χ0) is 32.5. The molecule has 4 nitrogen and oxygen atoms in total. The molecule has 0 atom stereocenters. The average Bonchev–Trinajstić information content (AvgIpc) is 3.55. The highest BCUT2D eigenvalue weighted by Crippen LogP contribution is 2.35. The number of para-hydroxylation sites is 3. The van der Waals surface area contributed by atoms with Crippen molar-refractivity contribution in [2.24, 2.45) is 0 Å². The quantitative estimate of drug-likeness (QED) is 0.132. The molecule has 0 saturated heterocycles. The van der Waals surface area contributed by atoms with Crippen LogP contribution in [0.5, 0.6) is 0 Å². The fourth-order valence-corrected chi connectivity index (χ4v) is 6.37. The highest BCUT2D eigenvalue weighted by molar-refractivity contribution is 6.09. The highest BCUT2D eigenvalue weighted by atomic mass is 15.1. The molecular formula is C44H32N4. The Balaban J connectivity index is 1.18. The molecule has 228 valence electrons. The first-order chi connectivity index (χ1) is 23.7. The number of rotatable bonds is 7. The summed E-state index contributed by atoms with van der Waals surface area (Å²) in [5.41, 5.74) is 10.3. The van der Waals surface area contributed by atoms with E-state index in [0.29, 0.717) is 5.82 Å². The maximum Gasteiger partial charge on any atom is 0.160 e. The van der Waals surface area contributed by atoms with Crippen LogP contribution in [-0.2, 0) is 0 Å². The normalized spacial score (nSPS) is 12.0. The van der Waals surface area contributed by atoms with Crippen LogP contribution in [0.25, 0.3) is 77.7 Å². The summed E-state index contributed by atoms with van der Waals surface area (Å²) in [5.74, 6) is 1.61. The van der Waals surface area contributed by atoms with Crippen molar-refractivity contribution in [1.29, 1.82) is 0 Å². The molecule has 0 N–H and O–H groups in total. The highest BCUT2D eigenvalue weighted by Gasteiger charge is 2.16. The minimum Gasteiger partial charge on any atom is -0.292 e. The second kappa shape index (κ2) is 12.4. The molecule has 2 aromatic heterocycles. The first kappa shape index (κ1) is 29.0. The largest absolute Gasteiger partial charge is 0.292 e. The van der Waals surface area contributed by atoms with Crippen LogP contribution in [0, 0.1) is 0 Å². The Morgan fingerprint density at radius 3 is 2.02 bits per heavy atom. The standard InChI is InChI=1S/C44H32N4/c1-3-5-13-30(4-2)43-46-41(38-29-28-33-14-9-10-17-37(33)42(38)47-43)34-24-20-31(21-25-34)32-22-26-35(27-23-32)44-45-39-18-11-12-19-40(39)48(44)36-15-7-6-8-16-36/h3-29H,1H2,2H3/b13-5-,30-4+. The maximum absolute atomic E-state index is 5.13. The van der Waals surface area contributed by atoms with E-state index in [0.717, 1.165) is 77.7 Å². The summed E-state index contributed by atoms with van der Waals surface area (Å²) >= 11 is 0. The third-order valence-electron chi connectivity index (χ3n) is 8.78. The smallest absolute Gasteiger partial charge is 0.160 e. The van der Waals surface area contributed by atoms with Gasteiger partial charge in [-0.1, -0.05) is 140 Å². The average molecular weight is 617 g/mol. The van der Waals surface area contributed by atoms with E-state index in [-0.39, 0.29) is 0 Å². The van der Waals surface area contributed by atoms with Gasteiger partial charge in [0, 0.05) is 33.2 Å². The number of allylic oxidation sites excluding steroid dienone is 5. The SMILES string of the molecule is C=C/C=C\C(=C/C)c1nc(-c2ccc(-c3ccc(-c4nc5ccccc5n4-c4ccccc4)cc3)cc2)c2ccc3ccccc3c2n1. The van der Waals surface area contributed by atoms with Crippen molar-refractivity contribution in [2.75, 3.05) is 0 Å². The summed E-state index contributed by atoms with van der Waals surface area (Å²) in [4.78, 5) is 15.2. The van der Waals surface area contributed by atoms with Gasteiger partial charge in [-0.05, 0) is 53.8 Å².